The Balaban J connectivity index is 2.84. The molecule has 0 aromatic heterocycles. The predicted octanol–water partition coefficient (Wildman–Crippen LogP) is -0.483. The molecule has 5 heteroatoms. The lowest BCUT2D eigenvalue weighted by atomic mass is 9.91. The molecule has 0 saturated carbocycles. The first-order chi connectivity index (χ1) is 8.52. The molecule has 0 amide bonds. The summed E-state index contributed by atoms with van der Waals surface area (Å²) in [6.07, 6.45) is 1.25. The lowest BCUT2D eigenvalue weighted by Crippen LogP contribution is -2.58. The van der Waals surface area contributed by atoms with Crippen molar-refractivity contribution >= 4 is 0 Å². The fourth-order valence-electron chi connectivity index (χ4n) is 1.86. The molecule has 1 aliphatic heterocycles. The summed E-state index contributed by atoms with van der Waals surface area (Å²) < 4.78 is 5.38. The number of aliphatic hydroxyl groups is 4. The van der Waals surface area contributed by atoms with Crippen LogP contribution >= 0.6 is 0 Å². The summed E-state index contributed by atoms with van der Waals surface area (Å²) in [5.41, 5.74) is 0.685. The molecule has 5 atom stereocenters. The van der Waals surface area contributed by atoms with E-state index in [1.807, 2.05) is 0 Å². The highest BCUT2D eigenvalue weighted by Gasteiger charge is 2.43. The van der Waals surface area contributed by atoms with Gasteiger partial charge in [0.1, 0.15) is 30.5 Å². The van der Waals surface area contributed by atoms with E-state index in [9.17, 15) is 15.3 Å². The largest absolute Gasteiger partial charge is 0.394 e. The summed E-state index contributed by atoms with van der Waals surface area (Å²) in [5, 5.41) is 38.2. The van der Waals surface area contributed by atoms with E-state index in [0.29, 0.717) is 5.57 Å². The fraction of sp³-hybridized carbons (Fsp3) is 0.538. The van der Waals surface area contributed by atoms with E-state index in [1.54, 1.807) is 31.2 Å². The van der Waals surface area contributed by atoms with Crippen LogP contribution in [0.3, 0.4) is 0 Å². The molecule has 1 aliphatic rings. The zero-order valence-corrected chi connectivity index (χ0v) is 10.3. The van der Waals surface area contributed by atoms with E-state index in [2.05, 4.69) is 6.58 Å². The third-order valence-electron chi connectivity index (χ3n) is 2.95. The number of ether oxygens (including phenoxy) is 1. The number of aliphatic hydroxyl groups excluding tert-OH is 4. The fourth-order valence-corrected chi connectivity index (χ4v) is 1.86. The summed E-state index contributed by atoms with van der Waals surface area (Å²) in [5.74, 6) is 0. The number of hydrogen-bond donors (Lipinski definition) is 4. The number of rotatable bonds is 4. The topological polar surface area (TPSA) is 90.2 Å². The maximum atomic E-state index is 9.85. The van der Waals surface area contributed by atoms with Gasteiger partial charge in [-0.1, -0.05) is 30.9 Å². The summed E-state index contributed by atoms with van der Waals surface area (Å²) in [4.78, 5) is 0. The normalized spacial score (nSPS) is 38.1. The SMILES string of the molecule is C=C/C=C\C=C(/C)[C@@H]1O[C@H](CO)[C@@H](O)[C@H](O)[C@H]1O. The molecule has 5 nitrogen and oxygen atoms in total. The summed E-state index contributed by atoms with van der Waals surface area (Å²) in [6.45, 7) is 4.85. The molecule has 1 rings (SSSR count). The van der Waals surface area contributed by atoms with E-state index >= 15 is 0 Å². The van der Waals surface area contributed by atoms with Gasteiger partial charge in [0.2, 0.25) is 0 Å². The third-order valence-corrected chi connectivity index (χ3v) is 2.95. The minimum Gasteiger partial charge on any atom is -0.394 e. The molecule has 0 bridgehead atoms. The predicted molar refractivity (Wildman–Crippen MR) is 66.9 cm³/mol. The van der Waals surface area contributed by atoms with Crippen molar-refractivity contribution in [3.63, 3.8) is 0 Å². The highest BCUT2D eigenvalue weighted by molar-refractivity contribution is 5.20. The van der Waals surface area contributed by atoms with Crippen LogP contribution in [0.25, 0.3) is 0 Å². The molecule has 1 saturated heterocycles. The molecule has 0 spiro atoms. The highest BCUT2D eigenvalue weighted by atomic mass is 16.5. The van der Waals surface area contributed by atoms with Crippen molar-refractivity contribution in [2.75, 3.05) is 6.61 Å². The minimum atomic E-state index is -1.34. The van der Waals surface area contributed by atoms with Crippen LogP contribution in [0.2, 0.25) is 0 Å². The van der Waals surface area contributed by atoms with Gasteiger partial charge in [-0.15, -0.1) is 0 Å². The van der Waals surface area contributed by atoms with Crippen LogP contribution < -0.4 is 0 Å². The Kier molecular flexibility index (Phi) is 5.71. The van der Waals surface area contributed by atoms with Crippen LogP contribution in [0.4, 0.5) is 0 Å². The van der Waals surface area contributed by atoms with E-state index in [4.69, 9.17) is 9.84 Å². The molecular weight excluding hydrogens is 236 g/mol. The molecule has 0 radical (unpaired) electrons. The molecule has 0 unspecified atom stereocenters. The lowest BCUT2D eigenvalue weighted by molar-refractivity contribution is -0.219. The van der Waals surface area contributed by atoms with Crippen LogP contribution in [-0.4, -0.2) is 57.6 Å². The molecule has 4 N–H and O–H groups in total. The van der Waals surface area contributed by atoms with Crippen molar-refractivity contribution in [1.29, 1.82) is 0 Å². The second-order valence-corrected chi connectivity index (χ2v) is 4.28. The van der Waals surface area contributed by atoms with Crippen LogP contribution in [0.5, 0.6) is 0 Å². The monoisotopic (exact) mass is 256 g/mol. The molecule has 0 aromatic carbocycles. The first-order valence-corrected chi connectivity index (χ1v) is 5.79. The van der Waals surface area contributed by atoms with Gasteiger partial charge < -0.3 is 25.2 Å². The Bertz CT molecular complexity index is 334. The van der Waals surface area contributed by atoms with Crippen LogP contribution in [0.1, 0.15) is 6.92 Å². The second-order valence-electron chi connectivity index (χ2n) is 4.28. The van der Waals surface area contributed by atoms with Gasteiger partial charge in [-0.2, -0.15) is 0 Å². The second kappa shape index (κ2) is 6.82. The van der Waals surface area contributed by atoms with E-state index in [1.165, 1.54) is 0 Å². The molecule has 1 heterocycles. The van der Waals surface area contributed by atoms with Gasteiger partial charge >= 0.3 is 0 Å². The van der Waals surface area contributed by atoms with Crippen molar-refractivity contribution in [1.82, 2.24) is 0 Å². The van der Waals surface area contributed by atoms with E-state index in [0.717, 1.165) is 0 Å². The van der Waals surface area contributed by atoms with Crippen molar-refractivity contribution in [2.45, 2.75) is 37.4 Å². The van der Waals surface area contributed by atoms with Crippen LogP contribution in [0.15, 0.2) is 36.5 Å². The average molecular weight is 256 g/mol. The quantitative estimate of drug-likeness (QED) is 0.510. The van der Waals surface area contributed by atoms with Gasteiger partial charge in [0.25, 0.3) is 0 Å². The number of hydrogen-bond acceptors (Lipinski definition) is 5. The van der Waals surface area contributed by atoms with Crippen molar-refractivity contribution < 1.29 is 25.2 Å². The van der Waals surface area contributed by atoms with Gasteiger partial charge in [0, 0.05) is 0 Å². The Morgan fingerprint density at radius 1 is 1.17 bits per heavy atom. The summed E-state index contributed by atoms with van der Waals surface area (Å²) in [7, 11) is 0. The van der Waals surface area contributed by atoms with Crippen LogP contribution in [-0.2, 0) is 4.74 Å². The van der Waals surface area contributed by atoms with Gasteiger partial charge in [-0.25, -0.2) is 0 Å². The zero-order valence-electron chi connectivity index (χ0n) is 10.3. The highest BCUT2D eigenvalue weighted by Crippen LogP contribution is 2.25. The minimum absolute atomic E-state index is 0.419. The first-order valence-electron chi connectivity index (χ1n) is 5.79. The average Bonchev–Trinajstić information content (AvgIpc) is 2.36. The maximum absolute atomic E-state index is 9.85. The van der Waals surface area contributed by atoms with Gasteiger partial charge in [-0.05, 0) is 12.5 Å². The van der Waals surface area contributed by atoms with Crippen molar-refractivity contribution in [3.05, 3.63) is 36.5 Å². The summed E-state index contributed by atoms with van der Waals surface area (Å²) >= 11 is 0. The maximum Gasteiger partial charge on any atom is 0.112 e. The van der Waals surface area contributed by atoms with Gasteiger partial charge in [-0.3, -0.25) is 0 Å². The standard InChI is InChI=1S/C13H20O5/c1-3-4-5-6-8(2)13-12(17)11(16)10(15)9(7-14)18-13/h3-6,9-17H,1,7H2,2H3/b5-4-,8-6+/t9-,10-,11+,12-,13+/m1/s1. The molecule has 18 heavy (non-hydrogen) atoms. The smallest absolute Gasteiger partial charge is 0.112 e. The Morgan fingerprint density at radius 3 is 2.39 bits per heavy atom. The van der Waals surface area contributed by atoms with Crippen molar-refractivity contribution in [3.8, 4) is 0 Å². The molecule has 0 aliphatic carbocycles. The lowest BCUT2D eigenvalue weighted by Gasteiger charge is -2.40. The molecule has 0 aromatic rings. The number of allylic oxidation sites excluding steroid dienone is 4. The van der Waals surface area contributed by atoms with Crippen LogP contribution in [0, 0.1) is 0 Å². The Morgan fingerprint density at radius 2 is 1.83 bits per heavy atom. The zero-order chi connectivity index (χ0) is 13.7. The molecule has 102 valence electrons. The van der Waals surface area contributed by atoms with Gasteiger partial charge in [0.05, 0.1) is 6.61 Å². The Labute approximate surface area is 106 Å². The summed E-state index contributed by atoms with van der Waals surface area (Å²) in [6, 6.07) is 0. The van der Waals surface area contributed by atoms with E-state index in [-0.39, 0.29) is 0 Å². The molecular formula is C13H20O5. The third kappa shape index (κ3) is 3.28. The first kappa shape index (κ1) is 15.1. The van der Waals surface area contributed by atoms with Crippen molar-refractivity contribution in [2.24, 2.45) is 0 Å². The van der Waals surface area contributed by atoms with E-state index < -0.39 is 37.1 Å². The van der Waals surface area contributed by atoms with Gasteiger partial charge in [0.15, 0.2) is 0 Å². The Hall–Kier alpha value is -0.980. The molecule has 1 fully saturated rings.